The molecular formula is C15H26ClN3O2S2. The van der Waals surface area contributed by atoms with Gasteiger partial charge in [0.05, 0.1) is 0 Å². The number of rotatable bonds is 6. The highest BCUT2D eigenvalue weighted by Gasteiger charge is 2.33. The highest BCUT2D eigenvalue weighted by atomic mass is 35.5. The van der Waals surface area contributed by atoms with E-state index in [9.17, 15) is 8.42 Å². The zero-order valence-corrected chi connectivity index (χ0v) is 15.8. The second kappa shape index (κ2) is 8.78. The van der Waals surface area contributed by atoms with Gasteiger partial charge in [0.2, 0.25) is 0 Å². The highest BCUT2D eigenvalue weighted by Crippen LogP contribution is 2.24. The molecule has 0 radical (unpaired) electrons. The summed E-state index contributed by atoms with van der Waals surface area (Å²) in [6, 6.07) is 3.63. The molecule has 0 amide bonds. The lowest BCUT2D eigenvalue weighted by Crippen LogP contribution is -2.46. The largest absolute Gasteiger partial charge is 0.315 e. The zero-order chi connectivity index (χ0) is 15.4. The van der Waals surface area contributed by atoms with Crippen LogP contribution in [0.2, 0.25) is 0 Å². The van der Waals surface area contributed by atoms with Gasteiger partial charge in [0, 0.05) is 25.7 Å². The number of sulfonamides is 1. The lowest BCUT2D eigenvalue weighted by atomic mass is 10.1. The number of piperidine rings is 1. The first-order chi connectivity index (χ1) is 10.7. The predicted molar refractivity (Wildman–Crippen MR) is 97.0 cm³/mol. The van der Waals surface area contributed by atoms with Crippen molar-refractivity contribution in [2.24, 2.45) is 0 Å². The van der Waals surface area contributed by atoms with Crippen LogP contribution in [-0.4, -0.2) is 62.9 Å². The van der Waals surface area contributed by atoms with E-state index in [1.54, 1.807) is 10.4 Å². The SMILES string of the molecule is Cl.O=S(=O)(c1cccs1)N(CCN1CCCCC1)C1CCNC1. The van der Waals surface area contributed by atoms with Gasteiger partial charge in [-0.2, -0.15) is 4.31 Å². The molecule has 8 heteroatoms. The Kier molecular flexibility index (Phi) is 7.31. The minimum atomic E-state index is -3.36. The van der Waals surface area contributed by atoms with Crippen LogP contribution in [0.3, 0.4) is 0 Å². The molecule has 2 aliphatic rings. The Morgan fingerprint density at radius 1 is 1.30 bits per heavy atom. The molecule has 132 valence electrons. The standard InChI is InChI=1S/C15H25N3O2S2.ClH/c19-22(20,15-5-4-12-21-15)18(14-6-7-16-13-14)11-10-17-8-2-1-3-9-17;/h4-5,12,14,16H,1-3,6-11,13H2;1H. The second-order valence-corrected chi connectivity index (χ2v) is 9.16. The lowest BCUT2D eigenvalue weighted by molar-refractivity contribution is 0.202. The van der Waals surface area contributed by atoms with Crippen molar-refractivity contribution in [1.29, 1.82) is 0 Å². The summed E-state index contributed by atoms with van der Waals surface area (Å²) in [4.78, 5) is 2.41. The number of nitrogens with one attached hydrogen (secondary N) is 1. The summed E-state index contributed by atoms with van der Waals surface area (Å²) >= 11 is 1.31. The number of nitrogens with zero attached hydrogens (tertiary/aromatic N) is 2. The third-order valence-electron chi connectivity index (χ3n) is 4.58. The van der Waals surface area contributed by atoms with Gasteiger partial charge in [-0.1, -0.05) is 12.5 Å². The number of thiophene rings is 1. The van der Waals surface area contributed by atoms with Crippen molar-refractivity contribution in [3.63, 3.8) is 0 Å². The molecule has 1 atom stereocenters. The Morgan fingerprint density at radius 3 is 2.70 bits per heavy atom. The molecule has 23 heavy (non-hydrogen) atoms. The molecule has 2 saturated heterocycles. The summed E-state index contributed by atoms with van der Waals surface area (Å²) in [7, 11) is -3.36. The van der Waals surface area contributed by atoms with Gasteiger partial charge >= 0.3 is 0 Å². The monoisotopic (exact) mass is 379 g/mol. The molecule has 0 bridgehead atoms. The van der Waals surface area contributed by atoms with E-state index in [1.807, 2.05) is 11.4 Å². The van der Waals surface area contributed by atoms with Crippen LogP contribution in [0.4, 0.5) is 0 Å². The maximum Gasteiger partial charge on any atom is 0.252 e. The molecule has 0 aromatic carbocycles. The van der Waals surface area contributed by atoms with Gasteiger partial charge in [-0.15, -0.1) is 23.7 Å². The Morgan fingerprint density at radius 2 is 2.09 bits per heavy atom. The first-order valence-corrected chi connectivity index (χ1v) is 10.5. The summed E-state index contributed by atoms with van der Waals surface area (Å²) in [5.41, 5.74) is 0. The Balaban J connectivity index is 0.00000192. The normalized spacial score (nSPS) is 23.1. The van der Waals surface area contributed by atoms with Crippen LogP contribution >= 0.6 is 23.7 Å². The molecule has 0 spiro atoms. The van der Waals surface area contributed by atoms with Crippen LogP contribution in [0.25, 0.3) is 0 Å². The van der Waals surface area contributed by atoms with Crippen molar-refractivity contribution >= 4 is 33.8 Å². The Bertz CT molecular complexity index is 553. The molecule has 2 fully saturated rings. The van der Waals surface area contributed by atoms with Crippen molar-refractivity contribution < 1.29 is 8.42 Å². The molecule has 3 rings (SSSR count). The molecule has 1 aromatic heterocycles. The predicted octanol–water partition coefficient (Wildman–Crippen LogP) is 2.01. The average molecular weight is 380 g/mol. The summed E-state index contributed by atoms with van der Waals surface area (Å²) in [6.07, 6.45) is 4.69. The number of halogens is 1. The van der Waals surface area contributed by atoms with Crippen molar-refractivity contribution in [2.75, 3.05) is 39.3 Å². The van der Waals surface area contributed by atoms with E-state index in [0.717, 1.165) is 39.1 Å². The lowest BCUT2D eigenvalue weighted by Gasteiger charge is -2.32. The molecule has 1 unspecified atom stereocenters. The van der Waals surface area contributed by atoms with E-state index in [0.29, 0.717) is 10.8 Å². The first-order valence-electron chi connectivity index (χ1n) is 8.16. The van der Waals surface area contributed by atoms with Gasteiger partial charge < -0.3 is 10.2 Å². The van der Waals surface area contributed by atoms with Gasteiger partial charge in [-0.3, -0.25) is 0 Å². The number of hydrogen-bond donors (Lipinski definition) is 1. The topological polar surface area (TPSA) is 52.7 Å². The summed E-state index contributed by atoms with van der Waals surface area (Å²) in [5, 5.41) is 5.13. The van der Waals surface area contributed by atoms with E-state index in [-0.39, 0.29) is 18.4 Å². The quantitative estimate of drug-likeness (QED) is 0.821. The van der Waals surface area contributed by atoms with E-state index < -0.39 is 10.0 Å². The van der Waals surface area contributed by atoms with Crippen molar-refractivity contribution in [1.82, 2.24) is 14.5 Å². The highest BCUT2D eigenvalue weighted by molar-refractivity contribution is 7.91. The molecular weight excluding hydrogens is 354 g/mol. The minimum Gasteiger partial charge on any atom is -0.315 e. The molecule has 5 nitrogen and oxygen atoms in total. The fraction of sp³-hybridized carbons (Fsp3) is 0.733. The molecule has 1 aromatic rings. The van der Waals surface area contributed by atoms with Crippen LogP contribution in [-0.2, 0) is 10.0 Å². The first kappa shape index (κ1) is 19.1. The van der Waals surface area contributed by atoms with E-state index in [4.69, 9.17) is 0 Å². The Labute approximate surface area is 149 Å². The molecule has 2 aliphatic heterocycles. The van der Waals surface area contributed by atoms with Gasteiger partial charge in [0.25, 0.3) is 10.0 Å². The smallest absolute Gasteiger partial charge is 0.252 e. The molecule has 0 aliphatic carbocycles. The van der Waals surface area contributed by atoms with Crippen molar-refractivity contribution in [2.45, 2.75) is 35.9 Å². The van der Waals surface area contributed by atoms with E-state index in [2.05, 4.69) is 10.2 Å². The fourth-order valence-corrected chi connectivity index (χ4v) is 6.10. The Hall–Kier alpha value is -0.180. The van der Waals surface area contributed by atoms with Gasteiger partial charge in [-0.25, -0.2) is 8.42 Å². The van der Waals surface area contributed by atoms with Crippen LogP contribution in [0.5, 0.6) is 0 Å². The number of hydrogen-bond acceptors (Lipinski definition) is 5. The van der Waals surface area contributed by atoms with Crippen molar-refractivity contribution in [3.05, 3.63) is 17.5 Å². The van der Waals surface area contributed by atoms with Gasteiger partial charge in [0.15, 0.2) is 0 Å². The van der Waals surface area contributed by atoms with Crippen LogP contribution in [0, 0.1) is 0 Å². The van der Waals surface area contributed by atoms with Crippen LogP contribution in [0.15, 0.2) is 21.7 Å². The maximum atomic E-state index is 12.9. The molecule has 0 saturated carbocycles. The molecule has 1 N–H and O–H groups in total. The maximum absolute atomic E-state index is 12.9. The average Bonchev–Trinajstić information content (AvgIpc) is 3.22. The van der Waals surface area contributed by atoms with Gasteiger partial charge in [0.1, 0.15) is 4.21 Å². The fourth-order valence-electron chi connectivity index (χ4n) is 3.33. The van der Waals surface area contributed by atoms with E-state index in [1.165, 1.54) is 30.6 Å². The third kappa shape index (κ3) is 4.67. The number of likely N-dealkylation sites (tertiary alicyclic amines) is 1. The van der Waals surface area contributed by atoms with E-state index >= 15 is 0 Å². The minimum absolute atomic E-state index is 0. The summed E-state index contributed by atoms with van der Waals surface area (Å²) < 4.78 is 28.1. The molecule has 3 heterocycles. The summed E-state index contributed by atoms with van der Waals surface area (Å²) in [6.45, 7) is 5.34. The zero-order valence-electron chi connectivity index (χ0n) is 13.3. The summed E-state index contributed by atoms with van der Waals surface area (Å²) in [5.74, 6) is 0. The van der Waals surface area contributed by atoms with Gasteiger partial charge in [-0.05, 0) is 50.3 Å². The second-order valence-electron chi connectivity index (χ2n) is 6.10. The van der Waals surface area contributed by atoms with Crippen LogP contribution < -0.4 is 5.32 Å². The van der Waals surface area contributed by atoms with Crippen LogP contribution in [0.1, 0.15) is 25.7 Å². The third-order valence-corrected chi connectivity index (χ3v) is 7.91. The van der Waals surface area contributed by atoms with Crippen molar-refractivity contribution in [3.8, 4) is 0 Å².